The van der Waals surface area contributed by atoms with Crippen LogP contribution in [-0.4, -0.2) is 12.6 Å². The van der Waals surface area contributed by atoms with Gasteiger partial charge in [-0.05, 0) is 19.8 Å². The summed E-state index contributed by atoms with van der Waals surface area (Å²) in [6, 6.07) is 2.13. The molecule has 0 bridgehead atoms. The van der Waals surface area contributed by atoms with E-state index in [1.165, 1.54) is 0 Å². The fourth-order valence-corrected chi connectivity index (χ4v) is 1.21. The van der Waals surface area contributed by atoms with Gasteiger partial charge in [0.05, 0.1) is 18.6 Å². The molecule has 0 spiro atoms. The van der Waals surface area contributed by atoms with Crippen LogP contribution in [0.4, 0.5) is 0 Å². The van der Waals surface area contributed by atoms with Crippen molar-refractivity contribution < 1.29 is 9.53 Å². The third-order valence-corrected chi connectivity index (χ3v) is 1.84. The monoisotopic (exact) mass is 165 g/mol. The molecule has 0 heterocycles. The molecule has 0 saturated carbocycles. The van der Waals surface area contributed by atoms with Crippen molar-refractivity contribution >= 4 is 5.97 Å². The van der Waals surface area contributed by atoms with E-state index in [1.807, 2.05) is 0 Å². The maximum atomic E-state index is 11.1. The maximum absolute atomic E-state index is 11.1. The lowest BCUT2D eigenvalue weighted by atomic mass is 10.1. The molecule has 3 heteroatoms. The summed E-state index contributed by atoms with van der Waals surface area (Å²) in [6.45, 7) is 2.17. The van der Waals surface area contributed by atoms with Gasteiger partial charge >= 0.3 is 5.97 Å². The van der Waals surface area contributed by atoms with Crippen LogP contribution in [0.25, 0.3) is 0 Å². The SMILES string of the molecule is CCOC(=O)C1=CCC(C#N)C1. The lowest BCUT2D eigenvalue weighted by Crippen LogP contribution is -2.06. The topological polar surface area (TPSA) is 50.1 Å². The summed E-state index contributed by atoms with van der Waals surface area (Å²) in [5, 5.41) is 8.56. The Labute approximate surface area is 71.6 Å². The lowest BCUT2D eigenvalue weighted by molar-refractivity contribution is -0.138. The molecule has 0 fully saturated rings. The first kappa shape index (κ1) is 8.79. The highest BCUT2D eigenvalue weighted by Gasteiger charge is 2.21. The molecule has 3 nitrogen and oxygen atoms in total. The molecular weight excluding hydrogens is 154 g/mol. The minimum atomic E-state index is -0.268. The van der Waals surface area contributed by atoms with Crippen LogP contribution in [0.5, 0.6) is 0 Å². The molecule has 1 rings (SSSR count). The zero-order valence-electron chi connectivity index (χ0n) is 7.04. The molecule has 0 aromatic carbocycles. The summed E-state index contributed by atoms with van der Waals surface area (Å²) in [5.74, 6) is -0.292. The third kappa shape index (κ3) is 1.85. The number of esters is 1. The lowest BCUT2D eigenvalue weighted by Gasteiger charge is -2.01. The number of carbonyl (C=O) groups is 1. The van der Waals surface area contributed by atoms with Crippen LogP contribution in [0.1, 0.15) is 19.8 Å². The smallest absolute Gasteiger partial charge is 0.333 e. The largest absolute Gasteiger partial charge is 0.463 e. The Morgan fingerprint density at radius 3 is 3.17 bits per heavy atom. The average molecular weight is 165 g/mol. The van der Waals surface area contributed by atoms with Crippen molar-refractivity contribution in [2.45, 2.75) is 19.8 Å². The maximum Gasteiger partial charge on any atom is 0.333 e. The van der Waals surface area contributed by atoms with E-state index >= 15 is 0 Å². The fourth-order valence-electron chi connectivity index (χ4n) is 1.21. The standard InChI is InChI=1S/C9H11NO2/c1-2-12-9(11)8-4-3-7(5-8)6-10/h4,7H,2-3,5H2,1H3. The van der Waals surface area contributed by atoms with Crippen molar-refractivity contribution in [1.82, 2.24) is 0 Å². The van der Waals surface area contributed by atoms with E-state index in [2.05, 4.69) is 6.07 Å². The van der Waals surface area contributed by atoms with Crippen molar-refractivity contribution in [2.75, 3.05) is 6.61 Å². The van der Waals surface area contributed by atoms with E-state index in [4.69, 9.17) is 10.00 Å². The Morgan fingerprint density at radius 2 is 2.67 bits per heavy atom. The highest BCUT2D eigenvalue weighted by atomic mass is 16.5. The molecule has 1 aliphatic carbocycles. The normalized spacial score (nSPS) is 21.3. The number of allylic oxidation sites excluding steroid dienone is 1. The van der Waals surface area contributed by atoms with E-state index in [1.54, 1.807) is 13.0 Å². The number of carbonyl (C=O) groups excluding carboxylic acids is 1. The molecule has 0 aromatic heterocycles. The van der Waals surface area contributed by atoms with Gasteiger partial charge in [-0.15, -0.1) is 0 Å². The van der Waals surface area contributed by atoms with E-state index in [-0.39, 0.29) is 11.9 Å². The zero-order valence-corrected chi connectivity index (χ0v) is 7.04. The molecule has 1 unspecified atom stereocenters. The first-order valence-corrected chi connectivity index (χ1v) is 4.03. The van der Waals surface area contributed by atoms with Crippen LogP contribution in [0.2, 0.25) is 0 Å². The molecule has 0 saturated heterocycles. The molecule has 0 radical (unpaired) electrons. The minimum Gasteiger partial charge on any atom is -0.463 e. The summed E-state index contributed by atoms with van der Waals surface area (Å²) in [6.07, 6.45) is 3.03. The van der Waals surface area contributed by atoms with Gasteiger partial charge in [0, 0.05) is 5.57 Å². The van der Waals surface area contributed by atoms with E-state index in [0.717, 1.165) is 0 Å². The second kappa shape index (κ2) is 3.91. The van der Waals surface area contributed by atoms with Crippen molar-refractivity contribution in [3.8, 4) is 6.07 Å². The van der Waals surface area contributed by atoms with Gasteiger partial charge in [-0.3, -0.25) is 0 Å². The van der Waals surface area contributed by atoms with Gasteiger partial charge in [0.15, 0.2) is 0 Å². The number of ether oxygens (including phenoxy) is 1. The highest BCUT2D eigenvalue weighted by molar-refractivity contribution is 5.89. The molecule has 1 atom stereocenters. The van der Waals surface area contributed by atoms with Gasteiger partial charge in [0.2, 0.25) is 0 Å². The van der Waals surface area contributed by atoms with Gasteiger partial charge in [0.25, 0.3) is 0 Å². The van der Waals surface area contributed by atoms with Crippen molar-refractivity contribution in [3.05, 3.63) is 11.6 Å². The van der Waals surface area contributed by atoms with Gasteiger partial charge < -0.3 is 4.74 Å². The van der Waals surface area contributed by atoms with Crippen LogP contribution in [0.15, 0.2) is 11.6 Å². The van der Waals surface area contributed by atoms with E-state index in [0.29, 0.717) is 25.0 Å². The van der Waals surface area contributed by atoms with Crippen molar-refractivity contribution in [1.29, 1.82) is 5.26 Å². The zero-order chi connectivity index (χ0) is 8.97. The Kier molecular flexibility index (Phi) is 2.87. The second-order valence-corrected chi connectivity index (χ2v) is 2.72. The predicted molar refractivity (Wildman–Crippen MR) is 43.1 cm³/mol. The molecule has 0 aliphatic heterocycles. The molecule has 12 heavy (non-hydrogen) atoms. The van der Waals surface area contributed by atoms with E-state index < -0.39 is 0 Å². The van der Waals surface area contributed by atoms with E-state index in [9.17, 15) is 4.79 Å². The van der Waals surface area contributed by atoms with Gasteiger partial charge in [-0.1, -0.05) is 6.08 Å². The quantitative estimate of drug-likeness (QED) is 0.581. The van der Waals surface area contributed by atoms with Gasteiger partial charge in [-0.25, -0.2) is 4.79 Å². The van der Waals surface area contributed by atoms with Crippen LogP contribution >= 0.6 is 0 Å². The Bertz CT molecular complexity index is 250. The number of nitriles is 1. The van der Waals surface area contributed by atoms with Crippen molar-refractivity contribution in [2.24, 2.45) is 5.92 Å². The molecule has 0 aromatic rings. The molecule has 0 N–H and O–H groups in total. The van der Waals surface area contributed by atoms with Crippen LogP contribution in [0, 0.1) is 17.2 Å². The highest BCUT2D eigenvalue weighted by Crippen LogP contribution is 2.24. The summed E-state index contributed by atoms with van der Waals surface area (Å²) in [7, 11) is 0. The minimum absolute atomic E-state index is 0.0237. The van der Waals surface area contributed by atoms with Crippen molar-refractivity contribution in [3.63, 3.8) is 0 Å². The average Bonchev–Trinajstić information content (AvgIpc) is 2.52. The Morgan fingerprint density at radius 1 is 1.92 bits per heavy atom. The number of rotatable bonds is 2. The first-order chi connectivity index (χ1) is 5.77. The molecule has 1 aliphatic rings. The summed E-state index contributed by atoms with van der Waals surface area (Å²) >= 11 is 0. The van der Waals surface area contributed by atoms with Crippen LogP contribution in [0.3, 0.4) is 0 Å². The number of hydrogen-bond donors (Lipinski definition) is 0. The second-order valence-electron chi connectivity index (χ2n) is 2.72. The fraction of sp³-hybridized carbons (Fsp3) is 0.556. The van der Waals surface area contributed by atoms with Crippen LogP contribution in [-0.2, 0) is 9.53 Å². The van der Waals surface area contributed by atoms with Crippen LogP contribution < -0.4 is 0 Å². The molecular formula is C9H11NO2. The first-order valence-electron chi connectivity index (χ1n) is 4.03. The summed E-state index contributed by atoms with van der Waals surface area (Å²) < 4.78 is 4.80. The molecule has 0 amide bonds. The molecule has 64 valence electrons. The summed E-state index contributed by atoms with van der Waals surface area (Å²) in [4.78, 5) is 11.1. The van der Waals surface area contributed by atoms with Gasteiger partial charge in [0.1, 0.15) is 0 Å². The number of hydrogen-bond acceptors (Lipinski definition) is 3. The Balaban J connectivity index is 2.47. The predicted octanol–water partition coefficient (Wildman–Crippen LogP) is 1.41. The number of nitrogens with zero attached hydrogens (tertiary/aromatic N) is 1. The van der Waals surface area contributed by atoms with Gasteiger partial charge in [-0.2, -0.15) is 5.26 Å². The Hall–Kier alpha value is -1.30. The third-order valence-electron chi connectivity index (χ3n) is 1.84. The summed E-state index contributed by atoms with van der Waals surface area (Å²) in [5.41, 5.74) is 0.656.